The van der Waals surface area contributed by atoms with Crippen LogP contribution in [0.1, 0.15) is 12.2 Å². The first-order valence-electron chi connectivity index (χ1n) is 7.02. The summed E-state index contributed by atoms with van der Waals surface area (Å²) in [6, 6.07) is 7.93. The molecule has 0 aliphatic heterocycles. The summed E-state index contributed by atoms with van der Waals surface area (Å²) >= 11 is 5.84. The number of amides is 1. The number of para-hydroxylation sites is 2. The first kappa shape index (κ1) is 15.8. The maximum atomic E-state index is 11.8. The Morgan fingerprint density at radius 3 is 3.00 bits per heavy atom. The number of halogens is 1. The number of rotatable bonds is 8. The van der Waals surface area contributed by atoms with Crippen molar-refractivity contribution in [1.29, 1.82) is 0 Å². The summed E-state index contributed by atoms with van der Waals surface area (Å²) < 4.78 is 6.98. The SMILES string of the molecule is COCCNC(=O)CCn1c(CCCl)nc2ccccc21. The highest BCUT2D eigenvalue weighted by atomic mass is 35.5. The second kappa shape index (κ2) is 8.00. The molecule has 0 unspecified atom stereocenters. The van der Waals surface area contributed by atoms with Crippen molar-refractivity contribution in [2.24, 2.45) is 0 Å². The van der Waals surface area contributed by atoms with Crippen molar-refractivity contribution in [3.8, 4) is 0 Å². The number of carbonyl (C=O) groups is 1. The van der Waals surface area contributed by atoms with E-state index in [0.29, 0.717) is 38.4 Å². The predicted octanol–water partition coefficient (Wildman–Crippen LogP) is 1.97. The molecule has 1 amide bonds. The largest absolute Gasteiger partial charge is 0.383 e. The van der Waals surface area contributed by atoms with E-state index >= 15 is 0 Å². The highest BCUT2D eigenvalue weighted by molar-refractivity contribution is 6.17. The van der Waals surface area contributed by atoms with Crippen LogP contribution in [0.15, 0.2) is 24.3 Å². The zero-order valence-corrected chi connectivity index (χ0v) is 12.9. The van der Waals surface area contributed by atoms with Crippen LogP contribution in [-0.4, -0.2) is 41.6 Å². The molecule has 0 aliphatic carbocycles. The van der Waals surface area contributed by atoms with Gasteiger partial charge in [0.2, 0.25) is 5.91 Å². The lowest BCUT2D eigenvalue weighted by atomic mass is 10.3. The number of nitrogens with zero attached hydrogens (tertiary/aromatic N) is 2. The summed E-state index contributed by atoms with van der Waals surface area (Å²) in [6.45, 7) is 1.66. The van der Waals surface area contributed by atoms with Crippen molar-refractivity contribution in [1.82, 2.24) is 14.9 Å². The normalized spacial score (nSPS) is 11.0. The molecule has 1 N–H and O–H groups in total. The first-order valence-corrected chi connectivity index (χ1v) is 7.55. The van der Waals surface area contributed by atoms with E-state index in [1.807, 2.05) is 24.3 Å². The molecule has 0 saturated heterocycles. The summed E-state index contributed by atoms with van der Waals surface area (Å²) in [5.74, 6) is 1.46. The van der Waals surface area contributed by atoms with Gasteiger partial charge in [-0.25, -0.2) is 4.98 Å². The minimum absolute atomic E-state index is 0.0154. The Hall–Kier alpha value is -1.59. The van der Waals surface area contributed by atoms with Crippen LogP contribution in [0.5, 0.6) is 0 Å². The molecule has 1 heterocycles. The van der Waals surface area contributed by atoms with Gasteiger partial charge in [-0.05, 0) is 12.1 Å². The van der Waals surface area contributed by atoms with Crippen molar-refractivity contribution in [2.45, 2.75) is 19.4 Å². The molecular formula is C15H20ClN3O2. The molecule has 0 saturated carbocycles. The van der Waals surface area contributed by atoms with E-state index < -0.39 is 0 Å². The van der Waals surface area contributed by atoms with Crippen LogP contribution in [0.4, 0.5) is 0 Å². The Morgan fingerprint density at radius 1 is 1.43 bits per heavy atom. The minimum Gasteiger partial charge on any atom is -0.383 e. The number of benzene rings is 1. The van der Waals surface area contributed by atoms with Crippen molar-refractivity contribution in [3.05, 3.63) is 30.1 Å². The van der Waals surface area contributed by atoms with Crippen molar-refractivity contribution in [3.63, 3.8) is 0 Å². The van der Waals surface area contributed by atoms with Crippen molar-refractivity contribution in [2.75, 3.05) is 26.1 Å². The molecule has 2 aromatic rings. The standard InChI is InChI=1S/C15H20ClN3O2/c1-21-11-9-17-15(20)7-10-19-13-5-3-2-4-12(13)18-14(19)6-8-16/h2-5H,6-11H2,1H3,(H,17,20). The van der Waals surface area contributed by atoms with E-state index in [-0.39, 0.29) is 5.91 Å². The van der Waals surface area contributed by atoms with E-state index in [4.69, 9.17) is 16.3 Å². The van der Waals surface area contributed by atoms with Crippen LogP contribution in [-0.2, 0) is 22.5 Å². The van der Waals surface area contributed by atoms with E-state index in [1.165, 1.54) is 0 Å². The van der Waals surface area contributed by atoms with E-state index in [1.54, 1.807) is 7.11 Å². The van der Waals surface area contributed by atoms with Gasteiger partial charge >= 0.3 is 0 Å². The third-order valence-electron chi connectivity index (χ3n) is 3.24. The first-order chi connectivity index (χ1) is 10.3. The van der Waals surface area contributed by atoms with Gasteiger partial charge in [0.15, 0.2) is 0 Å². The van der Waals surface area contributed by atoms with E-state index in [0.717, 1.165) is 16.9 Å². The molecule has 1 aromatic carbocycles. The molecule has 21 heavy (non-hydrogen) atoms. The second-order valence-corrected chi connectivity index (χ2v) is 5.08. The number of imidazole rings is 1. The molecule has 0 spiro atoms. The van der Waals surface area contributed by atoms with Gasteiger partial charge in [0.05, 0.1) is 17.6 Å². The molecular weight excluding hydrogens is 290 g/mol. The Bertz CT molecular complexity index is 598. The summed E-state index contributed by atoms with van der Waals surface area (Å²) in [6.07, 6.45) is 1.11. The highest BCUT2D eigenvalue weighted by Crippen LogP contribution is 2.17. The molecule has 1 aromatic heterocycles. The smallest absolute Gasteiger partial charge is 0.221 e. The fraction of sp³-hybridized carbons (Fsp3) is 0.467. The predicted molar refractivity (Wildman–Crippen MR) is 83.7 cm³/mol. The summed E-state index contributed by atoms with van der Waals surface area (Å²) in [4.78, 5) is 16.4. The van der Waals surface area contributed by atoms with Gasteiger partial charge in [-0.1, -0.05) is 12.1 Å². The van der Waals surface area contributed by atoms with Gasteiger partial charge < -0.3 is 14.6 Å². The van der Waals surface area contributed by atoms with Crippen LogP contribution in [0, 0.1) is 0 Å². The fourth-order valence-corrected chi connectivity index (χ4v) is 2.41. The molecule has 0 atom stereocenters. The van der Waals surface area contributed by atoms with Crippen LogP contribution in [0.25, 0.3) is 11.0 Å². The van der Waals surface area contributed by atoms with E-state index in [9.17, 15) is 4.79 Å². The average Bonchev–Trinajstić information content (AvgIpc) is 2.83. The lowest BCUT2D eigenvalue weighted by Gasteiger charge is -2.09. The van der Waals surface area contributed by atoms with Gasteiger partial charge in [-0.2, -0.15) is 0 Å². The lowest BCUT2D eigenvalue weighted by Crippen LogP contribution is -2.27. The Morgan fingerprint density at radius 2 is 2.24 bits per heavy atom. The molecule has 6 heteroatoms. The monoisotopic (exact) mass is 309 g/mol. The van der Waals surface area contributed by atoms with Crippen molar-refractivity contribution >= 4 is 28.5 Å². The number of methoxy groups -OCH3 is 1. The third kappa shape index (κ3) is 4.19. The number of alkyl halides is 1. The molecule has 0 fully saturated rings. The quantitative estimate of drug-likeness (QED) is 0.599. The maximum absolute atomic E-state index is 11.8. The van der Waals surface area contributed by atoms with Crippen LogP contribution in [0.3, 0.4) is 0 Å². The molecule has 0 radical (unpaired) electrons. The van der Waals surface area contributed by atoms with Gasteiger partial charge in [0.1, 0.15) is 5.82 Å². The average molecular weight is 310 g/mol. The van der Waals surface area contributed by atoms with Crippen LogP contribution >= 0.6 is 11.6 Å². The summed E-state index contributed by atoms with van der Waals surface area (Å²) in [5, 5.41) is 2.82. The molecule has 5 nitrogen and oxygen atoms in total. The number of aryl methyl sites for hydroxylation is 2. The van der Waals surface area contributed by atoms with Gasteiger partial charge in [-0.3, -0.25) is 4.79 Å². The van der Waals surface area contributed by atoms with E-state index in [2.05, 4.69) is 14.9 Å². The summed E-state index contributed by atoms with van der Waals surface area (Å²) in [7, 11) is 1.61. The maximum Gasteiger partial charge on any atom is 0.221 e. The minimum atomic E-state index is 0.0154. The fourth-order valence-electron chi connectivity index (χ4n) is 2.24. The highest BCUT2D eigenvalue weighted by Gasteiger charge is 2.11. The Labute approximate surface area is 129 Å². The number of fused-ring (bicyclic) bond motifs is 1. The molecule has 2 rings (SSSR count). The van der Waals surface area contributed by atoms with Crippen LogP contribution < -0.4 is 5.32 Å². The molecule has 0 bridgehead atoms. The lowest BCUT2D eigenvalue weighted by molar-refractivity contribution is -0.121. The number of nitrogens with one attached hydrogen (secondary N) is 1. The number of hydrogen-bond donors (Lipinski definition) is 1. The van der Waals surface area contributed by atoms with Gasteiger partial charge in [0.25, 0.3) is 0 Å². The van der Waals surface area contributed by atoms with Crippen LogP contribution in [0.2, 0.25) is 0 Å². The molecule has 114 valence electrons. The summed E-state index contributed by atoms with van der Waals surface area (Å²) in [5.41, 5.74) is 1.99. The Kier molecular flexibility index (Phi) is 6.02. The van der Waals surface area contributed by atoms with Crippen molar-refractivity contribution < 1.29 is 9.53 Å². The number of aromatic nitrogens is 2. The third-order valence-corrected chi connectivity index (χ3v) is 3.43. The zero-order valence-electron chi connectivity index (χ0n) is 12.1. The topological polar surface area (TPSA) is 56.1 Å². The van der Waals surface area contributed by atoms with Gasteiger partial charge in [-0.15, -0.1) is 11.6 Å². The molecule has 0 aliphatic rings. The number of ether oxygens (including phenoxy) is 1. The zero-order chi connectivity index (χ0) is 15.1. The number of hydrogen-bond acceptors (Lipinski definition) is 3. The Balaban J connectivity index is 2.06. The number of carbonyl (C=O) groups excluding carboxylic acids is 1. The second-order valence-electron chi connectivity index (χ2n) is 4.70. The van der Waals surface area contributed by atoms with Gasteiger partial charge in [0, 0.05) is 38.9 Å².